The van der Waals surface area contributed by atoms with Gasteiger partial charge in [0.2, 0.25) is 5.92 Å². The first-order valence-electron chi connectivity index (χ1n) is 10.7. The first-order valence-corrected chi connectivity index (χ1v) is 10.7. The molecule has 7 nitrogen and oxygen atoms in total. The van der Waals surface area contributed by atoms with Gasteiger partial charge >= 0.3 is 5.76 Å². The number of aromatic nitrogens is 3. The van der Waals surface area contributed by atoms with E-state index in [1.807, 2.05) is 0 Å². The van der Waals surface area contributed by atoms with Crippen molar-refractivity contribution in [1.82, 2.24) is 15.1 Å². The van der Waals surface area contributed by atoms with E-state index in [2.05, 4.69) is 19.6 Å². The lowest BCUT2D eigenvalue weighted by Crippen LogP contribution is -2.25. The van der Waals surface area contributed by atoms with Crippen molar-refractivity contribution in [1.29, 1.82) is 0 Å². The van der Waals surface area contributed by atoms with Crippen LogP contribution in [0.15, 0.2) is 27.5 Å². The third-order valence-electron chi connectivity index (χ3n) is 6.02. The normalized spacial score (nSPS) is 17.8. The molecule has 1 atom stereocenters. The van der Waals surface area contributed by atoms with Crippen molar-refractivity contribution in [3.8, 4) is 11.5 Å². The van der Waals surface area contributed by atoms with E-state index in [-0.39, 0.29) is 48.9 Å². The molecule has 1 unspecified atom stereocenters. The molecule has 0 radical (unpaired) electrons. The number of ether oxygens (including phenoxy) is 1. The Labute approximate surface area is 187 Å². The van der Waals surface area contributed by atoms with Crippen LogP contribution in [0, 0.1) is 19.7 Å². The molecule has 2 N–H and O–H groups in total. The first-order chi connectivity index (χ1) is 15.6. The molecule has 0 spiro atoms. The van der Waals surface area contributed by atoms with E-state index < -0.39 is 23.4 Å². The number of hydrogen-bond donors (Lipinski definition) is 2. The van der Waals surface area contributed by atoms with E-state index in [1.54, 1.807) is 26.0 Å². The molecule has 1 aliphatic rings. The second-order valence-electron chi connectivity index (χ2n) is 8.47. The van der Waals surface area contributed by atoms with Crippen LogP contribution in [0.4, 0.5) is 13.2 Å². The molecule has 0 aliphatic heterocycles. The van der Waals surface area contributed by atoms with Gasteiger partial charge in [0, 0.05) is 30.9 Å². The van der Waals surface area contributed by atoms with Gasteiger partial charge in [0.25, 0.3) is 0 Å². The van der Waals surface area contributed by atoms with E-state index in [4.69, 9.17) is 4.74 Å². The van der Waals surface area contributed by atoms with E-state index in [1.165, 1.54) is 6.07 Å². The van der Waals surface area contributed by atoms with Gasteiger partial charge in [0.15, 0.2) is 17.4 Å². The van der Waals surface area contributed by atoms with Gasteiger partial charge in [-0.1, -0.05) is 5.16 Å². The van der Waals surface area contributed by atoms with Crippen LogP contribution in [0.25, 0.3) is 0 Å². The average Bonchev–Trinajstić information content (AvgIpc) is 3.18. The highest BCUT2D eigenvalue weighted by Crippen LogP contribution is 2.43. The molecule has 10 heteroatoms. The Bertz CT molecular complexity index is 1220. The summed E-state index contributed by atoms with van der Waals surface area (Å²) >= 11 is 0. The summed E-state index contributed by atoms with van der Waals surface area (Å²) in [5.74, 6) is -4.55. The Hall–Kier alpha value is -3.30. The Morgan fingerprint density at radius 3 is 2.82 bits per heavy atom. The molecule has 33 heavy (non-hydrogen) atoms. The molecule has 176 valence electrons. The number of aromatic amines is 1. The summed E-state index contributed by atoms with van der Waals surface area (Å²) in [7, 11) is 0. The van der Waals surface area contributed by atoms with Gasteiger partial charge in [-0.25, -0.2) is 18.0 Å². The number of aryl methyl sites for hydroxylation is 1. The van der Waals surface area contributed by atoms with Gasteiger partial charge in [-0.2, -0.15) is 0 Å². The third kappa shape index (κ3) is 5.04. The van der Waals surface area contributed by atoms with Crippen LogP contribution < -0.4 is 10.5 Å². The van der Waals surface area contributed by atoms with Crippen LogP contribution in [0.5, 0.6) is 11.5 Å². The average molecular weight is 463 g/mol. The quantitative estimate of drug-likeness (QED) is 0.550. The predicted molar refractivity (Wildman–Crippen MR) is 112 cm³/mol. The fraction of sp³-hybridized carbons (Fsp3) is 0.435. The molecule has 0 amide bonds. The highest BCUT2D eigenvalue weighted by Gasteiger charge is 2.38. The lowest BCUT2D eigenvalue weighted by atomic mass is 9.83. The van der Waals surface area contributed by atoms with E-state index in [0.29, 0.717) is 29.7 Å². The topological polar surface area (TPSA) is 101 Å². The maximum Gasteiger partial charge on any atom is 0.439 e. The number of hydrogen-bond acceptors (Lipinski definition) is 6. The van der Waals surface area contributed by atoms with Gasteiger partial charge in [-0.3, -0.25) is 14.5 Å². The number of nitrogens with one attached hydrogen (secondary N) is 1. The number of nitrogens with zero attached hydrogens (tertiary/aromatic N) is 2. The Morgan fingerprint density at radius 1 is 1.33 bits per heavy atom. The first kappa shape index (κ1) is 22.9. The minimum Gasteiger partial charge on any atom is -0.506 e. The molecule has 1 fully saturated rings. The molecular formula is C23H24F3N3O4. The summed E-state index contributed by atoms with van der Waals surface area (Å²) in [6.07, 6.45) is 0.683. The molecule has 0 bridgehead atoms. The number of alkyl halides is 2. The lowest BCUT2D eigenvalue weighted by Gasteiger charge is -2.29. The molecule has 1 aliphatic carbocycles. The smallest absolute Gasteiger partial charge is 0.439 e. The highest BCUT2D eigenvalue weighted by atomic mass is 19.3. The van der Waals surface area contributed by atoms with Crippen molar-refractivity contribution in [3.05, 3.63) is 68.5 Å². The molecule has 1 aromatic carbocycles. The fourth-order valence-corrected chi connectivity index (χ4v) is 4.30. The summed E-state index contributed by atoms with van der Waals surface area (Å²) in [5.41, 5.74) is 2.62. The van der Waals surface area contributed by atoms with E-state index in [0.717, 1.165) is 5.56 Å². The van der Waals surface area contributed by atoms with Crippen molar-refractivity contribution in [2.75, 3.05) is 0 Å². The van der Waals surface area contributed by atoms with E-state index >= 15 is 0 Å². The number of benzene rings is 1. The second-order valence-corrected chi connectivity index (χ2v) is 8.47. The Morgan fingerprint density at radius 2 is 2.12 bits per heavy atom. The second kappa shape index (κ2) is 8.92. The van der Waals surface area contributed by atoms with Crippen molar-refractivity contribution in [2.24, 2.45) is 0 Å². The van der Waals surface area contributed by atoms with Crippen LogP contribution >= 0.6 is 0 Å². The molecular weight excluding hydrogens is 439 g/mol. The minimum atomic E-state index is -2.77. The standard InChI is InChI=1S/C23H24F3N3O4/c1-12-8-18(32-11-19-28-22(31)33-29-19)20(24)13(2)16(12)9-15-5-6-17(30)21(27-15)14-4-3-7-23(25,26)10-14/h5-6,8,14,30H,3-4,7,9-11H2,1-2H3,(H,28,29,31). The number of aromatic hydroxyl groups is 1. The van der Waals surface area contributed by atoms with Crippen LogP contribution in [0.3, 0.4) is 0 Å². The highest BCUT2D eigenvalue weighted by molar-refractivity contribution is 5.45. The lowest BCUT2D eigenvalue weighted by molar-refractivity contribution is -0.0414. The van der Waals surface area contributed by atoms with Crippen LogP contribution in [-0.4, -0.2) is 26.2 Å². The fourth-order valence-electron chi connectivity index (χ4n) is 4.30. The predicted octanol–water partition coefficient (Wildman–Crippen LogP) is 4.68. The van der Waals surface area contributed by atoms with Gasteiger partial charge < -0.3 is 9.84 Å². The third-order valence-corrected chi connectivity index (χ3v) is 6.02. The SMILES string of the molecule is Cc1cc(OCc2noc(=O)[nH]2)c(F)c(C)c1Cc1ccc(O)c(C2CCCC(F)(F)C2)n1. The monoisotopic (exact) mass is 463 g/mol. The number of rotatable bonds is 6. The molecule has 1 saturated carbocycles. The van der Waals surface area contributed by atoms with Crippen LogP contribution in [0.1, 0.15) is 65.5 Å². The molecule has 4 rings (SSSR count). The number of pyridine rings is 1. The summed E-state index contributed by atoms with van der Waals surface area (Å²) in [4.78, 5) is 17.8. The molecule has 2 aromatic heterocycles. The van der Waals surface area contributed by atoms with Crippen molar-refractivity contribution in [2.45, 2.75) is 64.4 Å². The van der Waals surface area contributed by atoms with Crippen LogP contribution in [0.2, 0.25) is 0 Å². The minimum absolute atomic E-state index is 0.00129. The van der Waals surface area contributed by atoms with Crippen molar-refractivity contribution >= 4 is 0 Å². The van der Waals surface area contributed by atoms with Gasteiger partial charge in [-0.15, -0.1) is 0 Å². The number of halogens is 3. The number of H-pyrrole nitrogens is 1. The molecule has 3 aromatic rings. The zero-order chi connectivity index (χ0) is 23.8. The molecule has 2 heterocycles. The van der Waals surface area contributed by atoms with E-state index in [9.17, 15) is 23.1 Å². The van der Waals surface area contributed by atoms with Gasteiger partial charge in [-0.05, 0) is 61.6 Å². The van der Waals surface area contributed by atoms with Gasteiger partial charge in [0.05, 0.1) is 5.69 Å². The zero-order valence-electron chi connectivity index (χ0n) is 18.3. The van der Waals surface area contributed by atoms with Crippen molar-refractivity contribution < 1.29 is 27.5 Å². The van der Waals surface area contributed by atoms with Gasteiger partial charge in [0.1, 0.15) is 12.4 Å². The maximum absolute atomic E-state index is 15.0. The summed E-state index contributed by atoms with van der Waals surface area (Å²) in [6, 6.07) is 4.61. The Balaban J connectivity index is 1.56. The summed E-state index contributed by atoms with van der Waals surface area (Å²) < 4.78 is 52.6. The largest absolute Gasteiger partial charge is 0.506 e. The Kier molecular flexibility index (Phi) is 6.18. The van der Waals surface area contributed by atoms with Crippen LogP contribution in [-0.2, 0) is 13.0 Å². The summed E-state index contributed by atoms with van der Waals surface area (Å²) in [5, 5.41) is 13.7. The summed E-state index contributed by atoms with van der Waals surface area (Å²) in [6.45, 7) is 3.25. The molecule has 0 saturated heterocycles. The zero-order valence-corrected chi connectivity index (χ0v) is 18.3. The van der Waals surface area contributed by atoms with Crippen molar-refractivity contribution in [3.63, 3.8) is 0 Å². The maximum atomic E-state index is 15.0.